The second-order valence-electron chi connectivity index (χ2n) is 4.20. The van der Waals surface area contributed by atoms with Gasteiger partial charge in [-0.1, -0.05) is 15.9 Å². The fourth-order valence-corrected chi connectivity index (χ4v) is 2.11. The Morgan fingerprint density at radius 2 is 2.00 bits per heavy atom. The molecule has 0 fully saturated rings. The fourth-order valence-electron chi connectivity index (χ4n) is 1.75. The number of nitrogens with zero attached hydrogens (tertiary/aromatic N) is 2. The van der Waals surface area contributed by atoms with Crippen LogP contribution in [0.25, 0.3) is 0 Å². The van der Waals surface area contributed by atoms with Crippen molar-refractivity contribution < 1.29 is 13.2 Å². The molecule has 0 aliphatic carbocycles. The summed E-state index contributed by atoms with van der Waals surface area (Å²) >= 11 is 3.03. The van der Waals surface area contributed by atoms with Crippen molar-refractivity contribution in [3.05, 3.63) is 57.8 Å². The van der Waals surface area contributed by atoms with Gasteiger partial charge in [-0.05, 0) is 35.9 Å². The SMILES string of the molecule is N#Cc1cc(CNc2ccc(Br)cc2C(F)(F)F)ccn1. The summed E-state index contributed by atoms with van der Waals surface area (Å²) in [4.78, 5) is 3.81. The highest BCUT2D eigenvalue weighted by Gasteiger charge is 2.33. The molecular weight excluding hydrogens is 347 g/mol. The summed E-state index contributed by atoms with van der Waals surface area (Å²) in [6, 6.07) is 8.97. The van der Waals surface area contributed by atoms with E-state index in [2.05, 4.69) is 26.2 Å². The minimum Gasteiger partial charge on any atom is -0.380 e. The summed E-state index contributed by atoms with van der Waals surface area (Å²) in [5, 5.41) is 11.5. The van der Waals surface area contributed by atoms with Gasteiger partial charge < -0.3 is 5.32 Å². The number of halogens is 4. The number of aromatic nitrogens is 1. The highest BCUT2D eigenvalue weighted by atomic mass is 79.9. The van der Waals surface area contributed by atoms with Crippen LogP contribution in [0.5, 0.6) is 0 Å². The summed E-state index contributed by atoms with van der Waals surface area (Å²) in [7, 11) is 0. The third kappa shape index (κ3) is 3.95. The van der Waals surface area contributed by atoms with Gasteiger partial charge in [-0.3, -0.25) is 0 Å². The normalized spacial score (nSPS) is 11.0. The second-order valence-corrected chi connectivity index (χ2v) is 5.12. The lowest BCUT2D eigenvalue weighted by atomic mass is 10.1. The van der Waals surface area contributed by atoms with Crippen molar-refractivity contribution >= 4 is 21.6 Å². The third-order valence-corrected chi connectivity index (χ3v) is 3.20. The lowest BCUT2D eigenvalue weighted by Crippen LogP contribution is -2.11. The van der Waals surface area contributed by atoms with Gasteiger partial charge in [-0.2, -0.15) is 18.4 Å². The molecule has 1 heterocycles. The number of rotatable bonds is 3. The van der Waals surface area contributed by atoms with Crippen LogP contribution in [0.4, 0.5) is 18.9 Å². The van der Waals surface area contributed by atoms with E-state index in [9.17, 15) is 13.2 Å². The van der Waals surface area contributed by atoms with Gasteiger partial charge >= 0.3 is 6.18 Å². The Morgan fingerprint density at radius 3 is 2.67 bits per heavy atom. The second kappa shape index (κ2) is 6.14. The van der Waals surface area contributed by atoms with E-state index >= 15 is 0 Å². The minimum atomic E-state index is -4.44. The maximum atomic E-state index is 13.0. The van der Waals surface area contributed by atoms with E-state index < -0.39 is 11.7 Å². The molecule has 0 bridgehead atoms. The largest absolute Gasteiger partial charge is 0.418 e. The average molecular weight is 356 g/mol. The Hall–Kier alpha value is -2.07. The predicted molar refractivity (Wildman–Crippen MR) is 75.4 cm³/mol. The average Bonchev–Trinajstić information content (AvgIpc) is 2.45. The highest BCUT2D eigenvalue weighted by molar-refractivity contribution is 9.10. The molecule has 108 valence electrons. The number of hydrogen-bond donors (Lipinski definition) is 1. The molecule has 0 spiro atoms. The Balaban J connectivity index is 2.22. The quantitative estimate of drug-likeness (QED) is 0.890. The van der Waals surface area contributed by atoms with Crippen LogP contribution >= 0.6 is 15.9 Å². The molecule has 3 nitrogen and oxygen atoms in total. The molecule has 0 amide bonds. The van der Waals surface area contributed by atoms with Crippen LogP contribution in [-0.4, -0.2) is 4.98 Å². The molecule has 1 aromatic heterocycles. The Morgan fingerprint density at radius 1 is 1.24 bits per heavy atom. The summed E-state index contributed by atoms with van der Waals surface area (Å²) < 4.78 is 39.2. The van der Waals surface area contributed by atoms with Crippen LogP contribution < -0.4 is 5.32 Å². The molecule has 2 rings (SSSR count). The number of nitrogens with one attached hydrogen (secondary N) is 1. The van der Waals surface area contributed by atoms with E-state index in [1.807, 2.05) is 6.07 Å². The molecule has 0 unspecified atom stereocenters. The van der Waals surface area contributed by atoms with Crippen molar-refractivity contribution in [2.45, 2.75) is 12.7 Å². The molecule has 2 aromatic rings. The van der Waals surface area contributed by atoms with Crippen LogP contribution in [-0.2, 0) is 12.7 Å². The number of nitriles is 1. The number of benzene rings is 1. The van der Waals surface area contributed by atoms with Gasteiger partial charge in [0.15, 0.2) is 0 Å². The first-order valence-electron chi connectivity index (χ1n) is 5.86. The molecule has 7 heteroatoms. The van der Waals surface area contributed by atoms with Crippen molar-refractivity contribution in [1.82, 2.24) is 4.98 Å². The van der Waals surface area contributed by atoms with Crippen LogP contribution in [0, 0.1) is 11.3 Å². The van der Waals surface area contributed by atoms with E-state index in [1.54, 1.807) is 6.07 Å². The Labute approximate surface area is 127 Å². The van der Waals surface area contributed by atoms with Crippen LogP contribution in [0.2, 0.25) is 0 Å². The molecule has 1 N–H and O–H groups in total. The first-order valence-corrected chi connectivity index (χ1v) is 6.65. The topological polar surface area (TPSA) is 48.7 Å². The maximum absolute atomic E-state index is 13.0. The fraction of sp³-hybridized carbons (Fsp3) is 0.143. The van der Waals surface area contributed by atoms with Gasteiger partial charge in [-0.25, -0.2) is 4.98 Å². The highest BCUT2D eigenvalue weighted by Crippen LogP contribution is 2.36. The number of pyridine rings is 1. The van der Waals surface area contributed by atoms with Gasteiger partial charge in [0.25, 0.3) is 0 Å². The monoisotopic (exact) mass is 355 g/mol. The molecule has 0 radical (unpaired) electrons. The minimum absolute atomic E-state index is 0.0129. The molecule has 21 heavy (non-hydrogen) atoms. The van der Waals surface area contributed by atoms with E-state index in [-0.39, 0.29) is 17.9 Å². The van der Waals surface area contributed by atoms with Gasteiger partial charge in [-0.15, -0.1) is 0 Å². The molecule has 0 aliphatic heterocycles. The molecule has 0 aliphatic rings. The summed E-state index contributed by atoms with van der Waals surface area (Å²) in [6.07, 6.45) is -3.00. The Bertz CT molecular complexity index is 693. The molecule has 0 saturated carbocycles. The van der Waals surface area contributed by atoms with E-state index in [0.717, 1.165) is 6.07 Å². The lowest BCUT2D eigenvalue weighted by Gasteiger charge is -2.15. The summed E-state index contributed by atoms with van der Waals surface area (Å²) in [5.74, 6) is 0. The van der Waals surface area contributed by atoms with Crippen molar-refractivity contribution in [3.8, 4) is 6.07 Å². The van der Waals surface area contributed by atoms with Crippen molar-refractivity contribution in [1.29, 1.82) is 5.26 Å². The van der Waals surface area contributed by atoms with Gasteiger partial charge in [0.1, 0.15) is 11.8 Å². The van der Waals surface area contributed by atoms with E-state index in [0.29, 0.717) is 10.0 Å². The first-order chi connectivity index (χ1) is 9.90. The van der Waals surface area contributed by atoms with E-state index in [1.165, 1.54) is 24.4 Å². The summed E-state index contributed by atoms with van der Waals surface area (Å²) in [6.45, 7) is 0.169. The molecular formula is C14H9BrF3N3. The zero-order chi connectivity index (χ0) is 15.5. The third-order valence-electron chi connectivity index (χ3n) is 2.71. The number of alkyl halides is 3. The van der Waals surface area contributed by atoms with Crippen LogP contribution in [0.3, 0.4) is 0 Å². The van der Waals surface area contributed by atoms with Crippen molar-refractivity contribution in [2.24, 2.45) is 0 Å². The summed E-state index contributed by atoms with van der Waals surface area (Å²) in [5.41, 5.74) is 0.145. The van der Waals surface area contributed by atoms with Gasteiger partial charge in [0.2, 0.25) is 0 Å². The molecule has 0 saturated heterocycles. The van der Waals surface area contributed by atoms with Crippen LogP contribution in [0.15, 0.2) is 41.0 Å². The van der Waals surface area contributed by atoms with Crippen molar-refractivity contribution in [3.63, 3.8) is 0 Å². The van der Waals surface area contributed by atoms with Gasteiger partial charge in [0, 0.05) is 22.9 Å². The van der Waals surface area contributed by atoms with E-state index in [4.69, 9.17) is 5.26 Å². The molecule has 0 atom stereocenters. The van der Waals surface area contributed by atoms with Crippen molar-refractivity contribution in [2.75, 3.05) is 5.32 Å². The Kier molecular flexibility index (Phi) is 4.48. The molecule has 1 aromatic carbocycles. The first kappa shape index (κ1) is 15.3. The standard InChI is InChI=1S/C14H9BrF3N3/c15-10-1-2-13(12(6-10)14(16,17)18)21-8-9-3-4-20-11(5-9)7-19/h1-6,21H,8H2. The maximum Gasteiger partial charge on any atom is 0.418 e. The lowest BCUT2D eigenvalue weighted by molar-refractivity contribution is -0.137. The van der Waals surface area contributed by atoms with Gasteiger partial charge in [0.05, 0.1) is 5.56 Å². The zero-order valence-corrected chi connectivity index (χ0v) is 12.2. The zero-order valence-electron chi connectivity index (χ0n) is 10.6. The number of anilines is 1. The predicted octanol–water partition coefficient (Wildman–Crippen LogP) is 4.35. The number of hydrogen-bond acceptors (Lipinski definition) is 3. The van der Waals surface area contributed by atoms with Crippen LogP contribution in [0.1, 0.15) is 16.8 Å². The smallest absolute Gasteiger partial charge is 0.380 e.